The molecule has 0 bridgehead atoms. The Hall–Kier alpha value is -0.750. The molecule has 1 aliphatic heterocycles. The summed E-state index contributed by atoms with van der Waals surface area (Å²) in [6, 6.07) is 4.66. The highest BCUT2D eigenvalue weighted by molar-refractivity contribution is 14.0. The number of morpholine rings is 1. The van der Waals surface area contributed by atoms with Gasteiger partial charge in [-0.2, -0.15) is 0 Å². The van der Waals surface area contributed by atoms with Crippen LogP contribution in [-0.2, 0) is 16.7 Å². The van der Waals surface area contributed by atoms with Crippen molar-refractivity contribution in [3.63, 3.8) is 0 Å². The van der Waals surface area contributed by atoms with Gasteiger partial charge in [0.2, 0.25) is 0 Å². The van der Waals surface area contributed by atoms with Crippen molar-refractivity contribution in [2.45, 2.75) is 38.8 Å². The number of aromatic nitrogens is 1. The second kappa shape index (κ2) is 11.6. The van der Waals surface area contributed by atoms with Crippen LogP contribution in [0.1, 0.15) is 42.4 Å². The number of rotatable bonds is 6. The van der Waals surface area contributed by atoms with Crippen molar-refractivity contribution in [3.05, 3.63) is 38.5 Å². The van der Waals surface area contributed by atoms with Crippen LogP contribution in [0.15, 0.2) is 27.9 Å². The lowest BCUT2D eigenvalue weighted by molar-refractivity contribution is 0.0177. The van der Waals surface area contributed by atoms with Crippen molar-refractivity contribution >= 4 is 52.6 Å². The van der Waals surface area contributed by atoms with Gasteiger partial charge in [0.15, 0.2) is 5.96 Å². The van der Waals surface area contributed by atoms with Crippen molar-refractivity contribution in [2.24, 2.45) is 4.99 Å². The number of guanidine groups is 1. The third-order valence-electron chi connectivity index (χ3n) is 4.77. The normalized spacial score (nSPS) is 16.9. The van der Waals surface area contributed by atoms with E-state index in [9.17, 15) is 0 Å². The number of hydrogen-bond donors (Lipinski definition) is 2. The minimum atomic E-state index is 0. The van der Waals surface area contributed by atoms with E-state index in [-0.39, 0.29) is 29.4 Å². The number of aliphatic imine (C=N–C) groups is 1. The molecule has 3 heterocycles. The molecule has 1 atom stereocenters. The highest BCUT2D eigenvalue weighted by Crippen LogP contribution is 2.26. The predicted molar refractivity (Wildman–Crippen MR) is 134 cm³/mol. The third-order valence-corrected chi connectivity index (χ3v) is 6.59. The summed E-state index contributed by atoms with van der Waals surface area (Å²) in [7, 11) is 1.81. The first kappa shape index (κ1) is 24.5. The van der Waals surface area contributed by atoms with E-state index in [1.165, 1.54) is 4.88 Å². The first-order chi connectivity index (χ1) is 13.5. The first-order valence-corrected chi connectivity index (χ1v) is 11.5. The maximum Gasteiger partial charge on any atom is 0.191 e. The summed E-state index contributed by atoms with van der Waals surface area (Å²) in [5.41, 5.74) is 1.23. The molecule has 3 rings (SSSR count). The molecule has 2 N–H and O–H groups in total. The van der Waals surface area contributed by atoms with Gasteiger partial charge in [0.25, 0.3) is 0 Å². The highest BCUT2D eigenvalue weighted by atomic mass is 127. The summed E-state index contributed by atoms with van der Waals surface area (Å²) in [6.45, 7) is 11.6. The van der Waals surface area contributed by atoms with Crippen LogP contribution < -0.4 is 10.6 Å². The molecule has 0 aliphatic carbocycles. The summed E-state index contributed by atoms with van der Waals surface area (Å²) >= 11 is 3.51. The standard InChI is InChI=1S/C20H31N5OS2.HI/c1-20(2,3)17-14-28-18(24-17)13-23-19(21-4)22-12-15(16-6-5-11-27-16)25-7-9-26-10-8-25;/h5-6,11,14-15H,7-10,12-13H2,1-4H3,(H2,21,22,23);1H. The fraction of sp³-hybridized carbons (Fsp3) is 0.600. The molecule has 29 heavy (non-hydrogen) atoms. The first-order valence-electron chi connectivity index (χ1n) is 9.72. The summed E-state index contributed by atoms with van der Waals surface area (Å²) in [5.74, 6) is 0.808. The van der Waals surface area contributed by atoms with Crippen molar-refractivity contribution in [1.29, 1.82) is 0 Å². The number of hydrogen-bond acceptors (Lipinski definition) is 6. The maximum absolute atomic E-state index is 5.53. The summed E-state index contributed by atoms with van der Waals surface area (Å²) in [5, 5.41) is 12.3. The Morgan fingerprint density at radius 2 is 2.03 bits per heavy atom. The van der Waals surface area contributed by atoms with Crippen molar-refractivity contribution in [1.82, 2.24) is 20.5 Å². The molecule has 1 fully saturated rings. The molecule has 0 amide bonds. The van der Waals surface area contributed by atoms with Crippen molar-refractivity contribution < 1.29 is 4.74 Å². The zero-order chi connectivity index (χ0) is 20.0. The number of thiazole rings is 1. The zero-order valence-corrected chi connectivity index (χ0v) is 21.6. The van der Waals surface area contributed by atoms with Gasteiger partial charge in [0, 0.05) is 42.4 Å². The molecule has 0 aromatic carbocycles. The molecule has 1 saturated heterocycles. The van der Waals surface area contributed by atoms with Crippen LogP contribution in [0.5, 0.6) is 0 Å². The lowest BCUT2D eigenvalue weighted by atomic mass is 9.93. The van der Waals surface area contributed by atoms with Crippen LogP contribution in [0, 0.1) is 0 Å². The van der Waals surface area contributed by atoms with Crippen LogP contribution in [-0.4, -0.2) is 55.7 Å². The number of ether oxygens (including phenoxy) is 1. The van der Waals surface area contributed by atoms with E-state index in [0.717, 1.165) is 49.5 Å². The SMILES string of the molecule is CN=C(NCc1nc(C(C)(C)C)cs1)NCC(c1cccs1)N1CCOCC1.I. The Morgan fingerprint density at radius 1 is 1.28 bits per heavy atom. The van der Waals surface area contributed by atoms with Gasteiger partial charge in [-0.1, -0.05) is 26.8 Å². The molecule has 162 valence electrons. The minimum absolute atomic E-state index is 0. The fourth-order valence-corrected chi connectivity index (χ4v) is 4.91. The van der Waals surface area contributed by atoms with Crippen LogP contribution in [0.2, 0.25) is 0 Å². The van der Waals surface area contributed by atoms with Crippen molar-refractivity contribution in [3.8, 4) is 0 Å². The second-order valence-electron chi connectivity index (χ2n) is 7.86. The Balaban J connectivity index is 0.00000300. The maximum atomic E-state index is 5.53. The molecule has 0 spiro atoms. The van der Waals surface area contributed by atoms with Crippen LogP contribution in [0.4, 0.5) is 0 Å². The van der Waals surface area contributed by atoms with Gasteiger partial charge in [-0.05, 0) is 11.4 Å². The zero-order valence-electron chi connectivity index (χ0n) is 17.6. The minimum Gasteiger partial charge on any atom is -0.379 e. The Labute approximate surface area is 199 Å². The predicted octanol–water partition coefficient (Wildman–Crippen LogP) is 3.86. The van der Waals surface area contributed by atoms with Gasteiger partial charge in [0.1, 0.15) is 5.01 Å². The number of halogens is 1. The van der Waals surface area contributed by atoms with E-state index in [4.69, 9.17) is 9.72 Å². The molecule has 1 aliphatic rings. The Morgan fingerprint density at radius 3 is 2.62 bits per heavy atom. The molecule has 6 nitrogen and oxygen atoms in total. The largest absolute Gasteiger partial charge is 0.379 e. The number of nitrogens with one attached hydrogen (secondary N) is 2. The summed E-state index contributed by atoms with van der Waals surface area (Å²) in [6.07, 6.45) is 0. The van der Waals surface area contributed by atoms with Gasteiger partial charge in [-0.25, -0.2) is 4.98 Å². The molecule has 9 heteroatoms. The van der Waals surface area contributed by atoms with Gasteiger partial charge in [-0.15, -0.1) is 46.7 Å². The van der Waals surface area contributed by atoms with E-state index in [0.29, 0.717) is 12.6 Å². The van der Waals surface area contributed by atoms with Gasteiger partial charge >= 0.3 is 0 Å². The molecule has 0 radical (unpaired) electrons. The van der Waals surface area contributed by atoms with Crippen molar-refractivity contribution in [2.75, 3.05) is 39.9 Å². The van der Waals surface area contributed by atoms with E-state index in [2.05, 4.69) is 64.2 Å². The second-order valence-corrected chi connectivity index (χ2v) is 9.78. The lowest BCUT2D eigenvalue weighted by Gasteiger charge is -2.34. The van der Waals surface area contributed by atoms with E-state index < -0.39 is 0 Å². The molecule has 2 aromatic rings. The lowest BCUT2D eigenvalue weighted by Crippen LogP contribution is -2.46. The van der Waals surface area contributed by atoms with Gasteiger partial charge in [0.05, 0.1) is 31.5 Å². The van der Waals surface area contributed by atoms with Gasteiger partial charge < -0.3 is 15.4 Å². The van der Waals surface area contributed by atoms with Crippen LogP contribution >= 0.6 is 46.7 Å². The smallest absolute Gasteiger partial charge is 0.191 e. The monoisotopic (exact) mass is 549 g/mol. The average Bonchev–Trinajstić information content (AvgIpc) is 3.37. The molecular formula is C20H32IN5OS2. The fourth-order valence-electron chi connectivity index (χ4n) is 3.09. The van der Waals surface area contributed by atoms with E-state index in [1.54, 1.807) is 11.3 Å². The molecule has 2 aromatic heterocycles. The van der Waals surface area contributed by atoms with Crippen LogP contribution in [0.25, 0.3) is 0 Å². The van der Waals surface area contributed by atoms with Gasteiger partial charge in [-0.3, -0.25) is 9.89 Å². The number of thiophene rings is 1. The molecule has 1 unspecified atom stereocenters. The number of nitrogens with zero attached hydrogens (tertiary/aromatic N) is 3. The summed E-state index contributed by atoms with van der Waals surface area (Å²) < 4.78 is 5.53. The Bertz CT molecular complexity index is 751. The third kappa shape index (κ3) is 7.16. The topological polar surface area (TPSA) is 61.8 Å². The Kier molecular flexibility index (Phi) is 9.80. The summed E-state index contributed by atoms with van der Waals surface area (Å²) in [4.78, 5) is 13.0. The van der Waals surface area contributed by atoms with Crippen LogP contribution in [0.3, 0.4) is 0 Å². The van der Waals surface area contributed by atoms with E-state index >= 15 is 0 Å². The molecular weight excluding hydrogens is 517 g/mol. The van der Waals surface area contributed by atoms with E-state index in [1.807, 2.05) is 18.4 Å². The average molecular weight is 550 g/mol. The highest BCUT2D eigenvalue weighted by Gasteiger charge is 2.23. The quantitative estimate of drug-likeness (QED) is 0.326. The molecule has 0 saturated carbocycles.